The second kappa shape index (κ2) is 7.20. The van der Waals surface area contributed by atoms with E-state index in [2.05, 4.69) is 0 Å². The van der Waals surface area contributed by atoms with E-state index in [1.54, 1.807) is 0 Å². The van der Waals surface area contributed by atoms with Crippen molar-refractivity contribution in [3.63, 3.8) is 0 Å². The maximum atomic E-state index is 11.1. The Morgan fingerprint density at radius 1 is 1.10 bits per heavy atom. The van der Waals surface area contributed by atoms with Crippen molar-refractivity contribution in [2.45, 2.75) is 51.8 Å². The lowest BCUT2D eigenvalue weighted by molar-refractivity contribution is -0.263. The molecule has 20 heavy (non-hydrogen) atoms. The van der Waals surface area contributed by atoms with E-state index >= 15 is 0 Å². The zero-order chi connectivity index (χ0) is 15.3. The maximum absolute atomic E-state index is 11.1. The van der Waals surface area contributed by atoms with Gasteiger partial charge in [0, 0.05) is 27.2 Å². The molecule has 0 amide bonds. The van der Waals surface area contributed by atoms with Crippen LogP contribution in [0, 0.1) is 0 Å². The molecule has 0 aromatic heterocycles. The molecule has 1 rings (SSSR count). The van der Waals surface area contributed by atoms with Crippen molar-refractivity contribution in [3.8, 4) is 0 Å². The van der Waals surface area contributed by atoms with E-state index in [0.29, 0.717) is 0 Å². The molecule has 4 atom stereocenters. The number of aliphatic hydroxyl groups excluding tert-OH is 1. The molecule has 1 aliphatic heterocycles. The van der Waals surface area contributed by atoms with Crippen LogP contribution in [-0.2, 0) is 33.3 Å². The quantitative estimate of drug-likeness (QED) is 0.546. The molecular formula is C12H18O8. The summed E-state index contributed by atoms with van der Waals surface area (Å²) in [4.78, 5) is 32.8. The molecule has 114 valence electrons. The predicted molar refractivity (Wildman–Crippen MR) is 63.2 cm³/mol. The molecule has 8 nitrogen and oxygen atoms in total. The summed E-state index contributed by atoms with van der Waals surface area (Å²) in [7, 11) is 0. The summed E-state index contributed by atoms with van der Waals surface area (Å²) in [6.07, 6.45) is -3.93. The first-order valence-electron chi connectivity index (χ1n) is 6.11. The van der Waals surface area contributed by atoms with E-state index in [1.165, 1.54) is 20.8 Å². The third-order valence-electron chi connectivity index (χ3n) is 2.57. The Bertz CT molecular complexity index is 380. The largest absolute Gasteiger partial charge is 0.463 e. The third-order valence-corrected chi connectivity index (χ3v) is 2.57. The molecular weight excluding hydrogens is 272 g/mol. The zero-order valence-corrected chi connectivity index (χ0v) is 11.5. The molecule has 0 bridgehead atoms. The van der Waals surface area contributed by atoms with Crippen LogP contribution in [0.1, 0.15) is 27.2 Å². The monoisotopic (exact) mass is 290 g/mol. The topological polar surface area (TPSA) is 108 Å². The molecule has 8 heteroatoms. The Kier molecular flexibility index (Phi) is 5.90. The van der Waals surface area contributed by atoms with Crippen LogP contribution in [0.25, 0.3) is 0 Å². The van der Waals surface area contributed by atoms with Crippen molar-refractivity contribution < 1.29 is 38.4 Å². The number of hydrogen-bond acceptors (Lipinski definition) is 8. The van der Waals surface area contributed by atoms with Gasteiger partial charge >= 0.3 is 17.9 Å². The minimum Gasteiger partial charge on any atom is -0.463 e. The fraction of sp³-hybridized carbons (Fsp3) is 0.750. The van der Waals surface area contributed by atoms with Crippen molar-refractivity contribution in [3.05, 3.63) is 0 Å². The molecule has 0 aromatic carbocycles. The van der Waals surface area contributed by atoms with E-state index < -0.39 is 42.5 Å². The minimum absolute atomic E-state index is 0.0864. The number of aliphatic hydroxyl groups is 1. The molecule has 0 spiro atoms. The van der Waals surface area contributed by atoms with Crippen LogP contribution in [0.15, 0.2) is 0 Å². The van der Waals surface area contributed by atoms with Gasteiger partial charge < -0.3 is 24.1 Å². The van der Waals surface area contributed by atoms with Gasteiger partial charge in [0.1, 0.15) is 12.7 Å². The van der Waals surface area contributed by atoms with E-state index in [1.807, 2.05) is 0 Å². The lowest BCUT2D eigenvalue weighted by Gasteiger charge is -2.37. The first kappa shape index (κ1) is 16.4. The van der Waals surface area contributed by atoms with Crippen LogP contribution >= 0.6 is 0 Å². The SMILES string of the molecule is CC(=O)OC[C@@H]1C[C@H](OC(C)=O)[C@H](OC(C)=O)C(O)O1. The average Bonchev–Trinajstić information content (AvgIpc) is 2.29. The average molecular weight is 290 g/mol. The summed E-state index contributed by atoms with van der Waals surface area (Å²) in [6, 6.07) is 0. The van der Waals surface area contributed by atoms with Crippen LogP contribution < -0.4 is 0 Å². The number of rotatable bonds is 4. The second-order valence-corrected chi connectivity index (χ2v) is 4.41. The van der Waals surface area contributed by atoms with Crippen molar-refractivity contribution >= 4 is 17.9 Å². The van der Waals surface area contributed by atoms with Gasteiger partial charge in [-0.1, -0.05) is 0 Å². The molecule has 0 aliphatic carbocycles. The van der Waals surface area contributed by atoms with Crippen LogP contribution in [0.5, 0.6) is 0 Å². The van der Waals surface area contributed by atoms with Gasteiger partial charge in [0.15, 0.2) is 12.4 Å². The van der Waals surface area contributed by atoms with E-state index in [0.717, 1.165) is 0 Å². The summed E-state index contributed by atoms with van der Waals surface area (Å²) in [5, 5.41) is 9.81. The summed E-state index contributed by atoms with van der Waals surface area (Å²) in [6.45, 7) is 3.53. The molecule has 1 unspecified atom stereocenters. The summed E-state index contributed by atoms with van der Waals surface area (Å²) >= 11 is 0. The molecule has 0 saturated carbocycles. The van der Waals surface area contributed by atoms with E-state index in [4.69, 9.17) is 18.9 Å². The van der Waals surface area contributed by atoms with Crippen molar-refractivity contribution in [1.29, 1.82) is 0 Å². The standard InChI is InChI=1S/C12H18O8/c1-6(13)17-5-9-4-10(18-7(2)14)11(12(16)20-9)19-8(3)15/h9-12,16H,4-5H2,1-3H3/t9-,10-,11-,12?/m0/s1. The fourth-order valence-electron chi connectivity index (χ4n) is 1.88. The number of esters is 3. The lowest BCUT2D eigenvalue weighted by Crippen LogP contribution is -2.52. The van der Waals surface area contributed by atoms with Crippen molar-refractivity contribution in [1.82, 2.24) is 0 Å². The summed E-state index contributed by atoms with van der Waals surface area (Å²) < 4.78 is 19.9. The van der Waals surface area contributed by atoms with E-state index in [9.17, 15) is 19.5 Å². The normalized spacial score (nSPS) is 29.4. The van der Waals surface area contributed by atoms with Gasteiger partial charge in [-0.3, -0.25) is 14.4 Å². The van der Waals surface area contributed by atoms with E-state index in [-0.39, 0.29) is 13.0 Å². The lowest BCUT2D eigenvalue weighted by atomic mass is 10.0. The molecule has 1 saturated heterocycles. The molecule has 1 heterocycles. The van der Waals surface area contributed by atoms with Crippen LogP contribution in [-0.4, -0.2) is 54.2 Å². The summed E-state index contributed by atoms with van der Waals surface area (Å²) in [5.74, 6) is -1.70. The Hall–Kier alpha value is -1.67. The van der Waals surface area contributed by atoms with Gasteiger partial charge in [0.25, 0.3) is 0 Å². The second-order valence-electron chi connectivity index (χ2n) is 4.41. The van der Waals surface area contributed by atoms with Gasteiger partial charge in [-0.15, -0.1) is 0 Å². The Morgan fingerprint density at radius 3 is 2.20 bits per heavy atom. The first-order valence-corrected chi connectivity index (χ1v) is 6.11. The number of carbonyl (C=O) groups is 3. The number of carbonyl (C=O) groups excluding carboxylic acids is 3. The third kappa shape index (κ3) is 5.14. The first-order chi connectivity index (χ1) is 9.29. The predicted octanol–water partition coefficient (Wildman–Crippen LogP) is -0.480. The molecule has 1 fully saturated rings. The Balaban J connectivity index is 2.71. The van der Waals surface area contributed by atoms with Crippen LogP contribution in [0.3, 0.4) is 0 Å². The molecule has 0 aromatic rings. The maximum Gasteiger partial charge on any atom is 0.303 e. The Labute approximate surface area is 115 Å². The Morgan fingerprint density at radius 2 is 1.70 bits per heavy atom. The minimum atomic E-state index is -1.46. The van der Waals surface area contributed by atoms with Crippen LogP contribution in [0.4, 0.5) is 0 Å². The summed E-state index contributed by atoms with van der Waals surface area (Å²) in [5.41, 5.74) is 0. The molecule has 1 N–H and O–H groups in total. The van der Waals surface area contributed by atoms with Gasteiger partial charge in [0.2, 0.25) is 0 Å². The van der Waals surface area contributed by atoms with Gasteiger partial charge in [0.05, 0.1) is 6.10 Å². The van der Waals surface area contributed by atoms with Gasteiger partial charge in [-0.05, 0) is 0 Å². The zero-order valence-electron chi connectivity index (χ0n) is 11.5. The highest BCUT2D eigenvalue weighted by atomic mass is 16.7. The number of ether oxygens (including phenoxy) is 4. The van der Waals surface area contributed by atoms with Gasteiger partial charge in [-0.25, -0.2) is 0 Å². The van der Waals surface area contributed by atoms with Crippen LogP contribution in [0.2, 0.25) is 0 Å². The highest BCUT2D eigenvalue weighted by molar-refractivity contribution is 5.67. The van der Waals surface area contributed by atoms with Crippen molar-refractivity contribution in [2.75, 3.05) is 6.61 Å². The molecule has 0 radical (unpaired) electrons. The van der Waals surface area contributed by atoms with Crippen molar-refractivity contribution in [2.24, 2.45) is 0 Å². The molecule has 1 aliphatic rings. The highest BCUT2D eigenvalue weighted by Gasteiger charge is 2.42. The number of hydrogen-bond donors (Lipinski definition) is 1. The fourth-order valence-corrected chi connectivity index (χ4v) is 1.88. The van der Waals surface area contributed by atoms with Gasteiger partial charge in [-0.2, -0.15) is 0 Å². The smallest absolute Gasteiger partial charge is 0.303 e. The highest BCUT2D eigenvalue weighted by Crippen LogP contribution is 2.24.